The Labute approximate surface area is 148 Å². The maximum atomic E-state index is 12.9. The summed E-state index contributed by atoms with van der Waals surface area (Å²) < 4.78 is 43.5. The molecule has 1 unspecified atom stereocenters. The van der Waals surface area contributed by atoms with Gasteiger partial charge < -0.3 is 15.0 Å². The van der Waals surface area contributed by atoms with Crippen molar-refractivity contribution in [3.8, 4) is 0 Å². The lowest BCUT2D eigenvalue weighted by atomic mass is 10.1. The smallest absolute Gasteiger partial charge is 0.385 e. The second-order valence-electron chi connectivity index (χ2n) is 5.77. The molecule has 9 heteroatoms. The van der Waals surface area contributed by atoms with E-state index in [-0.39, 0.29) is 24.6 Å². The molecule has 0 saturated carbocycles. The Morgan fingerprint density at radius 1 is 1.44 bits per heavy atom. The predicted molar refractivity (Wildman–Crippen MR) is 86.3 cm³/mol. The van der Waals surface area contributed by atoms with E-state index >= 15 is 0 Å². The molecule has 1 aliphatic rings. The van der Waals surface area contributed by atoms with E-state index in [1.54, 1.807) is 12.0 Å². The van der Waals surface area contributed by atoms with Crippen molar-refractivity contribution < 1.29 is 27.5 Å². The number of methoxy groups -OCH3 is 1. The Hall–Kier alpha value is -1.80. The number of nitrogens with one attached hydrogen (secondary N) is 1. The lowest BCUT2D eigenvalue weighted by molar-refractivity contribution is -0.137. The summed E-state index contributed by atoms with van der Waals surface area (Å²) in [6.45, 7) is 1.23. The minimum Gasteiger partial charge on any atom is -0.385 e. The van der Waals surface area contributed by atoms with Crippen LogP contribution in [0.3, 0.4) is 0 Å². The molecule has 25 heavy (non-hydrogen) atoms. The highest BCUT2D eigenvalue weighted by Crippen LogP contribution is 2.36. The maximum absolute atomic E-state index is 12.9. The van der Waals surface area contributed by atoms with Crippen molar-refractivity contribution in [1.29, 1.82) is 0 Å². The fourth-order valence-corrected chi connectivity index (χ4v) is 2.85. The number of carbonyl (C=O) groups excluding carboxylic acids is 2. The van der Waals surface area contributed by atoms with E-state index in [0.717, 1.165) is 12.1 Å². The number of alkyl halides is 3. The molecule has 0 bridgehead atoms. The number of carbonyl (C=O) groups is 2. The highest BCUT2D eigenvalue weighted by atomic mass is 35.5. The third-order valence-electron chi connectivity index (χ3n) is 3.90. The molecule has 1 aliphatic heterocycles. The Morgan fingerprint density at radius 2 is 2.16 bits per heavy atom. The molecule has 1 aromatic rings. The molecule has 0 aromatic heterocycles. The minimum absolute atomic E-state index is 0.00740. The zero-order chi connectivity index (χ0) is 18.6. The Bertz CT molecular complexity index is 652. The van der Waals surface area contributed by atoms with Crippen molar-refractivity contribution in [3.63, 3.8) is 0 Å². The summed E-state index contributed by atoms with van der Waals surface area (Å²) in [5.41, 5.74) is -1.03. The molecule has 0 aliphatic carbocycles. The summed E-state index contributed by atoms with van der Waals surface area (Å²) in [6, 6.07) is 3.16. The van der Waals surface area contributed by atoms with Gasteiger partial charge in [0.25, 0.3) is 0 Å². The molecule has 1 fully saturated rings. The fraction of sp³-hybridized carbons (Fsp3) is 0.500. The summed E-state index contributed by atoms with van der Waals surface area (Å²) in [5.74, 6) is -1.23. The quantitative estimate of drug-likeness (QED) is 0.773. The van der Waals surface area contributed by atoms with E-state index in [1.165, 1.54) is 6.07 Å². The second-order valence-corrected chi connectivity index (χ2v) is 6.18. The van der Waals surface area contributed by atoms with E-state index in [4.69, 9.17) is 16.3 Å². The molecule has 2 amide bonds. The van der Waals surface area contributed by atoms with Gasteiger partial charge in [-0.1, -0.05) is 11.6 Å². The van der Waals surface area contributed by atoms with Gasteiger partial charge in [0, 0.05) is 38.9 Å². The van der Waals surface area contributed by atoms with Crippen molar-refractivity contribution in [2.75, 3.05) is 32.1 Å². The molecular formula is C16H18ClF3N2O3. The highest BCUT2D eigenvalue weighted by molar-refractivity contribution is 6.31. The summed E-state index contributed by atoms with van der Waals surface area (Å²) in [6.07, 6.45) is -3.92. The van der Waals surface area contributed by atoms with Crippen LogP contribution in [0.1, 0.15) is 18.4 Å². The van der Waals surface area contributed by atoms with Crippen molar-refractivity contribution >= 4 is 29.1 Å². The third-order valence-corrected chi connectivity index (χ3v) is 4.23. The average molecular weight is 379 g/mol. The lowest BCUT2D eigenvalue weighted by Gasteiger charge is -2.16. The summed E-state index contributed by atoms with van der Waals surface area (Å²) in [7, 11) is 1.56. The number of hydrogen-bond donors (Lipinski definition) is 1. The predicted octanol–water partition coefficient (Wildman–Crippen LogP) is 3.18. The van der Waals surface area contributed by atoms with E-state index in [0.29, 0.717) is 19.6 Å². The number of anilines is 1. The topological polar surface area (TPSA) is 58.6 Å². The lowest BCUT2D eigenvalue weighted by Crippen LogP contribution is -2.29. The number of nitrogens with zero attached hydrogens (tertiary/aromatic N) is 1. The molecule has 1 aromatic carbocycles. The molecule has 2 rings (SSSR count). The molecule has 1 atom stereocenters. The zero-order valence-electron chi connectivity index (χ0n) is 13.5. The number of halogens is 4. The van der Waals surface area contributed by atoms with Crippen LogP contribution < -0.4 is 5.32 Å². The van der Waals surface area contributed by atoms with Gasteiger partial charge in [0.15, 0.2) is 0 Å². The Kier molecular flexibility index (Phi) is 6.29. The van der Waals surface area contributed by atoms with Crippen LogP contribution in [0.15, 0.2) is 18.2 Å². The van der Waals surface area contributed by atoms with Crippen molar-refractivity contribution in [2.45, 2.75) is 19.0 Å². The summed E-state index contributed by atoms with van der Waals surface area (Å²) in [5, 5.41) is 1.99. The van der Waals surface area contributed by atoms with Crippen LogP contribution in [0.4, 0.5) is 18.9 Å². The first-order chi connectivity index (χ1) is 11.7. The van der Waals surface area contributed by atoms with Gasteiger partial charge in [0.2, 0.25) is 11.8 Å². The van der Waals surface area contributed by atoms with Gasteiger partial charge in [-0.15, -0.1) is 0 Å². The van der Waals surface area contributed by atoms with Crippen LogP contribution in [-0.4, -0.2) is 43.5 Å². The molecule has 5 nitrogen and oxygen atoms in total. The highest BCUT2D eigenvalue weighted by Gasteiger charge is 2.35. The van der Waals surface area contributed by atoms with E-state index in [9.17, 15) is 22.8 Å². The molecule has 0 radical (unpaired) electrons. The number of likely N-dealkylation sites (tertiary alicyclic amines) is 1. The van der Waals surface area contributed by atoms with E-state index in [1.807, 2.05) is 0 Å². The summed E-state index contributed by atoms with van der Waals surface area (Å²) in [4.78, 5) is 25.7. The van der Waals surface area contributed by atoms with Crippen molar-refractivity contribution in [3.05, 3.63) is 28.8 Å². The first kappa shape index (κ1) is 19.5. The van der Waals surface area contributed by atoms with E-state index in [2.05, 4.69) is 5.32 Å². The van der Waals surface area contributed by atoms with Crippen molar-refractivity contribution in [2.24, 2.45) is 5.92 Å². The van der Waals surface area contributed by atoms with Crippen LogP contribution in [0.2, 0.25) is 5.02 Å². The molecule has 138 valence electrons. The molecule has 1 heterocycles. The third kappa shape index (κ3) is 5.09. The molecular weight excluding hydrogens is 361 g/mol. The fourth-order valence-electron chi connectivity index (χ4n) is 2.63. The first-order valence-electron chi connectivity index (χ1n) is 7.66. The molecule has 0 spiro atoms. The number of hydrogen-bond acceptors (Lipinski definition) is 3. The average Bonchev–Trinajstić information content (AvgIpc) is 2.90. The monoisotopic (exact) mass is 378 g/mol. The van der Waals surface area contributed by atoms with Crippen LogP contribution in [0.25, 0.3) is 0 Å². The number of benzene rings is 1. The van der Waals surface area contributed by atoms with Crippen LogP contribution in [-0.2, 0) is 20.5 Å². The van der Waals surface area contributed by atoms with Crippen LogP contribution >= 0.6 is 11.6 Å². The van der Waals surface area contributed by atoms with Gasteiger partial charge in [0.05, 0.1) is 16.5 Å². The first-order valence-corrected chi connectivity index (χ1v) is 8.04. The maximum Gasteiger partial charge on any atom is 0.417 e. The van der Waals surface area contributed by atoms with Gasteiger partial charge in [0.1, 0.15) is 0 Å². The Morgan fingerprint density at radius 3 is 2.80 bits per heavy atom. The van der Waals surface area contributed by atoms with E-state index < -0.39 is 28.6 Å². The van der Waals surface area contributed by atoms with Gasteiger partial charge in [-0.3, -0.25) is 9.59 Å². The van der Waals surface area contributed by atoms with Crippen LogP contribution in [0.5, 0.6) is 0 Å². The Balaban J connectivity index is 2.00. The number of ether oxygens (including phenoxy) is 1. The number of amides is 2. The number of rotatable bonds is 6. The van der Waals surface area contributed by atoms with Gasteiger partial charge in [-0.2, -0.15) is 13.2 Å². The SMILES string of the molecule is COCCCN1CC(C(=O)Nc2ccc(Cl)c(C(F)(F)F)c2)CC1=O. The van der Waals surface area contributed by atoms with Crippen molar-refractivity contribution in [1.82, 2.24) is 4.90 Å². The second kappa shape index (κ2) is 8.05. The minimum atomic E-state index is -4.61. The molecule has 1 saturated heterocycles. The molecule has 1 N–H and O–H groups in total. The normalized spacial score (nSPS) is 17.9. The standard InChI is InChI=1S/C16H18ClF3N2O3/c1-25-6-2-5-22-9-10(7-14(22)23)15(24)21-11-3-4-13(17)12(8-11)16(18,19)20/h3-4,8,10H,2,5-7,9H2,1H3,(H,21,24). The van der Waals surface area contributed by atoms with Gasteiger partial charge in [-0.25, -0.2) is 0 Å². The summed E-state index contributed by atoms with van der Waals surface area (Å²) >= 11 is 5.55. The van der Waals surface area contributed by atoms with Gasteiger partial charge in [-0.05, 0) is 24.6 Å². The van der Waals surface area contributed by atoms with Gasteiger partial charge >= 0.3 is 6.18 Å². The largest absolute Gasteiger partial charge is 0.417 e. The zero-order valence-corrected chi connectivity index (χ0v) is 14.3. The van der Waals surface area contributed by atoms with Crippen LogP contribution in [0, 0.1) is 5.92 Å².